The highest BCUT2D eigenvalue weighted by Gasteiger charge is 2.68. The van der Waals surface area contributed by atoms with Crippen LogP contribution in [-0.2, 0) is 40.7 Å². The van der Waals surface area contributed by atoms with E-state index in [1.54, 1.807) is 48.5 Å². The van der Waals surface area contributed by atoms with Gasteiger partial charge in [-0.25, -0.2) is 17.6 Å². The largest absolute Gasteiger partial charge is 0.486 e. The Kier molecular flexibility index (Phi) is 14.3. The number of rotatable bonds is 16. The van der Waals surface area contributed by atoms with E-state index < -0.39 is 80.1 Å². The van der Waals surface area contributed by atoms with Gasteiger partial charge in [-0.3, -0.25) is 0 Å². The van der Waals surface area contributed by atoms with Crippen LogP contribution in [0.4, 0.5) is 17.6 Å². The first-order chi connectivity index (χ1) is 30.8. The molecule has 5 nitrogen and oxygen atoms in total. The van der Waals surface area contributed by atoms with E-state index in [0.29, 0.717) is 35.1 Å². The Labute approximate surface area is 385 Å². The van der Waals surface area contributed by atoms with Crippen molar-refractivity contribution in [1.29, 1.82) is 0 Å². The van der Waals surface area contributed by atoms with Crippen LogP contribution in [0.5, 0.6) is 0 Å². The van der Waals surface area contributed by atoms with E-state index in [2.05, 4.69) is 53.7 Å². The van der Waals surface area contributed by atoms with Gasteiger partial charge in [0.15, 0.2) is 0 Å². The summed E-state index contributed by atoms with van der Waals surface area (Å²) in [6.45, 7) is 21.5. The first-order valence-electron chi connectivity index (χ1n) is 22.9. The molecule has 7 rings (SSSR count). The molecule has 0 aliphatic carbocycles. The molecule has 12 heteroatoms. The van der Waals surface area contributed by atoms with Crippen LogP contribution < -0.4 is 0 Å². The van der Waals surface area contributed by atoms with E-state index in [0.717, 1.165) is 5.56 Å². The topological polar surface area (TPSA) is 46.2 Å². The van der Waals surface area contributed by atoms with Crippen LogP contribution in [0.1, 0.15) is 103 Å². The average molecular weight is 905 g/mol. The number of aryl methyl sites for hydroxylation is 1. The van der Waals surface area contributed by atoms with Crippen molar-refractivity contribution < 1.29 is 40.6 Å². The number of benzene rings is 5. The van der Waals surface area contributed by atoms with E-state index in [4.69, 9.17) is 23.0 Å². The van der Waals surface area contributed by atoms with E-state index in [1.807, 2.05) is 57.9 Å². The zero-order valence-electron chi connectivity index (χ0n) is 39.3. The maximum Gasteiger partial charge on any atom is 0.486 e. The lowest BCUT2D eigenvalue weighted by molar-refractivity contribution is 0.00351. The number of halogens is 4. The monoisotopic (exact) mass is 904 g/mol. The van der Waals surface area contributed by atoms with Crippen LogP contribution in [0.3, 0.4) is 0 Å². The zero-order chi connectivity index (χ0) is 47.0. The second-order valence-corrected chi connectivity index (χ2v) is 25.0. The highest BCUT2D eigenvalue weighted by atomic mass is 28.4. The lowest BCUT2D eigenvalue weighted by Gasteiger charge is -2.46. The molecule has 0 spiro atoms. The quantitative estimate of drug-likeness (QED) is 0.0729. The van der Waals surface area contributed by atoms with Crippen molar-refractivity contribution in [3.63, 3.8) is 0 Å². The maximum atomic E-state index is 15.1. The lowest BCUT2D eigenvalue weighted by Crippen LogP contribution is -2.52. The van der Waals surface area contributed by atoms with Crippen LogP contribution in [0.25, 0.3) is 0 Å². The molecule has 0 unspecified atom stereocenters. The molecule has 5 aromatic carbocycles. The molecule has 5 aromatic rings. The van der Waals surface area contributed by atoms with E-state index >= 15 is 17.6 Å². The molecule has 0 aromatic heterocycles. The van der Waals surface area contributed by atoms with Gasteiger partial charge >= 0.3 is 14.2 Å². The summed E-state index contributed by atoms with van der Waals surface area (Å²) in [6.07, 6.45) is 2.72. The first kappa shape index (κ1) is 48.6. The van der Waals surface area contributed by atoms with Gasteiger partial charge in [0, 0.05) is 5.82 Å². The summed E-state index contributed by atoms with van der Waals surface area (Å²) in [6, 6.07) is 34.0. The molecule has 0 bridgehead atoms. The van der Waals surface area contributed by atoms with Crippen molar-refractivity contribution in [3.8, 4) is 0 Å². The minimum Gasteiger partial charge on any atom is -0.413 e. The fourth-order valence-electron chi connectivity index (χ4n) is 10.4. The second kappa shape index (κ2) is 19.1. The number of hydrogen-bond acceptors (Lipinski definition) is 5. The summed E-state index contributed by atoms with van der Waals surface area (Å²) in [5, 5.41) is 0. The fourth-order valence-corrected chi connectivity index (χ4v) is 16.0. The van der Waals surface area contributed by atoms with Crippen molar-refractivity contribution in [2.24, 2.45) is 0 Å². The van der Waals surface area contributed by atoms with Crippen LogP contribution in [-0.4, -0.2) is 39.9 Å². The lowest BCUT2D eigenvalue weighted by atomic mass is 9.66. The van der Waals surface area contributed by atoms with Gasteiger partial charge in [0.05, 0.1) is 17.3 Å². The normalized spacial score (nSPS) is 18.9. The SMILES string of the molecule is CC(C)[Si](O[C@@H](CCc1ccccc1)[C@@H](/C=C/B1OC(C)(C)C(C)(C)O1)B1OC(c2ccc(F)cc2)(c2ccc(F)cc2)C(c2ccc(F)cc2)(c2ccc(F)cc2)O1)(C(C)C)C(C)C. The molecular formula is C53H62B2F4O5Si. The summed E-state index contributed by atoms with van der Waals surface area (Å²) >= 11 is 0. The standard InChI is InChI=1S/C53H62B2F4O5Si/c1-36(2)65(37(3)4,38(5)6)60-49(33-16-39-14-12-11-13-15-39)48(34-35-54-61-50(7,8)51(9,10)62-54)55-63-52(40-17-25-44(56)26-18-40,41-19-27-45(57)28-20-41)53(64-55,42-21-29-46(58)30-22-42)43-23-31-47(59)32-24-43/h11-15,17-32,34-38,48-49H,16,33H2,1-10H3/b35-34+/t48-,49+/m1/s1. The molecule has 0 N–H and O–H groups in total. The minimum absolute atomic E-state index is 0.218. The van der Waals surface area contributed by atoms with Crippen LogP contribution in [0.2, 0.25) is 22.4 Å². The second-order valence-electron chi connectivity index (χ2n) is 19.6. The van der Waals surface area contributed by atoms with Gasteiger partial charge in [-0.05, 0) is 134 Å². The minimum atomic E-state index is -2.68. The summed E-state index contributed by atoms with van der Waals surface area (Å²) in [4.78, 5) is 0. The summed E-state index contributed by atoms with van der Waals surface area (Å²) in [5.74, 6) is -0.720. The Bertz CT molecular complexity index is 2150. The van der Waals surface area contributed by atoms with Gasteiger partial charge in [0.25, 0.3) is 0 Å². The van der Waals surface area contributed by atoms with Gasteiger partial charge in [0.2, 0.25) is 8.32 Å². The summed E-state index contributed by atoms with van der Waals surface area (Å²) in [5.41, 5.74) is -1.09. The maximum absolute atomic E-state index is 15.1. The smallest absolute Gasteiger partial charge is 0.413 e. The molecule has 2 heterocycles. The predicted octanol–water partition coefficient (Wildman–Crippen LogP) is 13.7. The number of hydrogen-bond donors (Lipinski definition) is 0. The van der Waals surface area contributed by atoms with Gasteiger partial charge in [0.1, 0.15) is 34.5 Å². The Morgan fingerprint density at radius 3 is 1.22 bits per heavy atom. The van der Waals surface area contributed by atoms with Gasteiger partial charge in [-0.2, -0.15) is 0 Å². The van der Waals surface area contributed by atoms with Crippen molar-refractivity contribution in [2.75, 3.05) is 0 Å². The first-order valence-corrected chi connectivity index (χ1v) is 25.1. The average Bonchev–Trinajstić information content (AvgIpc) is 3.72. The molecule has 2 aliphatic rings. The molecule has 0 amide bonds. The Morgan fingerprint density at radius 2 is 0.877 bits per heavy atom. The molecule has 2 aliphatic heterocycles. The van der Waals surface area contributed by atoms with E-state index in [1.165, 1.54) is 48.5 Å². The Morgan fingerprint density at radius 1 is 0.523 bits per heavy atom. The van der Waals surface area contributed by atoms with Crippen LogP contribution in [0, 0.1) is 23.3 Å². The predicted molar refractivity (Wildman–Crippen MR) is 255 cm³/mol. The Balaban J connectivity index is 1.54. The molecule has 65 heavy (non-hydrogen) atoms. The molecule has 342 valence electrons. The van der Waals surface area contributed by atoms with Crippen molar-refractivity contribution in [1.82, 2.24) is 0 Å². The Hall–Kier alpha value is -4.29. The molecule has 2 saturated heterocycles. The highest BCUT2D eigenvalue weighted by molar-refractivity contribution is 6.77. The molecule has 0 radical (unpaired) electrons. The van der Waals surface area contributed by atoms with Gasteiger partial charge in [-0.15, -0.1) is 0 Å². The van der Waals surface area contributed by atoms with Crippen molar-refractivity contribution >= 4 is 22.6 Å². The van der Waals surface area contributed by atoms with E-state index in [-0.39, 0.29) is 16.6 Å². The van der Waals surface area contributed by atoms with Crippen LogP contribution >= 0.6 is 0 Å². The van der Waals surface area contributed by atoms with Crippen LogP contribution in [0.15, 0.2) is 139 Å². The highest BCUT2D eigenvalue weighted by Crippen LogP contribution is 2.61. The van der Waals surface area contributed by atoms with Gasteiger partial charge in [-0.1, -0.05) is 132 Å². The summed E-state index contributed by atoms with van der Waals surface area (Å²) < 4.78 is 96.7. The third-order valence-electron chi connectivity index (χ3n) is 14.2. The molecule has 2 fully saturated rings. The third-order valence-corrected chi connectivity index (χ3v) is 20.3. The van der Waals surface area contributed by atoms with Gasteiger partial charge < -0.3 is 23.0 Å². The van der Waals surface area contributed by atoms with E-state index in [9.17, 15) is 0 Å². The van der Waals surface area contributed by atoms with Crippen molar-refractivity contribution in [2.45, 2.75) is 133 Å². The molecular weight excluding hydrogens is 842 g/mol. The van der Waals surface area contributed by atoms with Crippen molar-refractivity contribution in [3.05, 3.63) is 191 Å². The molecule has 0 saturated carbocycles. The summed E-state index contributed by atoms with van der Waals surface area (Å²) in [7, 11) is -4.58. The zero-order valence-corrected chi connectivity index (χ0v) is 40.3. The fraction of sp³-hybridized carbons (Fsp3) is 0.396. The third kappa shape index (κ3) is 9.24. The molecule has 2 atom stereocenters.